The van der Waals surface area contributed by atoms with Crippen molar-refractivity contribution in [3.8, 4) is 0 Å². The molecular formula is C11H9Cl2FN2O4S. The highest BCUT2D eigenvalue weighted by Gasteiger charge is 2.36. The molecule has 1 fully saturated rings. The van der Waals surface area contributed by atoms with Gasteiger partial charge in [-0.25, -0.2) is 17.6 Å². The molecule has 1 aromatic rings. The smallest absolute Gasteiger partial charge is 0.246 e. The molecule has 0 amide bonds. The fourth-order valence-electron chi connectivity index (χ4n) is 1.85. The van der Waals surface area contributed by atoms with E-state index in [4.69, 9.17) is 27.9 Å². The molecule has 1 heterocycles. The zero-order chi connectivity index (χ0) is 15.6. The predicted octanol–water partition coefficient (Wildman–Crippen LogP) is 1.82. The Hall–Kier alpha value is -1.02. The molecular weight excluding hydrogens is 346 g/mol. The third kappa shape index (κ3) is 3.11. The van der Waals surface area contributed by atoms with Crippen LogP contribution in [0.25, 0.3) is 0 Å². The van der Waals surface area contributed by atoms with Gasteiger partial charge in [-0.2, -0.15) is 9.30 Å². The van der Waals surface area contributed by atoms with E-state index in [-0.39, 0.29) is 24.8 Å². The number of sulfonamides is 1. The molecule has 0 aromatic heterocycles. The molecule has 1 unspecified atom stereocenters. The maximum Gasteiger partial charge on any atom is 0.246 e. The minimum atomic E-state index is -4.15. The van der Waals surface area contributed by atoms with Crippen molar-refractivity contribution in [3.05, 3.63) is 28.0 Å². The Morgan fingerprint density at radius 2 is 2.14 bits per heavy atom. The Morgan fingerprint density at radius 3 is 2.81 bits per heavy atom. The molecule has 0 aliphatic carbocycles. The molecule has 1 aliphatic rings. The van der Waals surface area contributed by atoms with Gasteiger partial charge in [0.1, 0.15) is 4.90 Å². The van der Waals surface area contributed by atoms with Crippen molar-refractivity contribution in [1.29, 1.82) is 0 Å². The lowest BCUT2D eigenvalue weighted by Crippen LogP contribution is -2.47. The van der Waals surface area contributed by atoms with E-state index in [1.165, 1.54) is 6.08 Å². The molecule has 6 nitrogen and oxygen atoms in total. The Labute approximate surface area is 130 Å². The van der Waals surface area contributed by atoms with Crippen molar-refractivity contribution in [2.45, 2.75) is 11.1 Å². The highest BCUT2D eigenvalue weighted by atomic mass is 35.5. The average molecular weight is 355 g/mol. The van der Waals surface area contributed by atoms with E-state index in [0.29, 0.717) is 0 Å². The summed E-state index contributed by atoms with van der Waals surface area (Å²) in [6.07, 6.45) is 0.228. The van der Waals surface area contributed by atoms with Crippen LogP contribution in [0.1, 0.15) is 0 Å². The van der Waals surface area contributed by atoms with Crippen LogP contribution in [0, 0.1) is 5.82 Å². The number of morpholine rings is 1. The number of carbonyl (C=O) groups excluding carboxylic acids is 1. The van der Waals surface area contributed by atoms with E-state index in [1.54, 1.807) is 0 Å². The lowest BCUT2D eigenvalue weighted by molar-refractivity contribution is 0.0359. The molecule has 1 aliphatic heterocycles. The zero-order valence-electron chi connectivity index (χ0n) is 10.4. The first-order valence-corrected chi connectivity index (χ1v) is 7.89. The third-order valence-electron chi connectivity index (χ3n) is 2.84. The number of nitrogens with zero attached hydrogens (tertiary/aromatic N) is 2. The Morgan fingerprint density at radius 1 is 1.43 bits per heavy atom. The minimum Gasteiger partial charge on any atom is -0.376 e. The topological polar surface area (TPSA) is 76.0 Å². The van der Waals surface area contributed by atoms with Crippen LogP contribution in [0.2, 0.25) is 10.0 Å². The van der Waals surface area contributed by atoms with E-state index >= 15 is 0 Å². The van der Waals surface area contributed by atoms with Crippen molar-refractivity contribution in [2.24, 2.45) is 4.99 Å². The molecule has 1 atom stereocenters. The minimum absolute atomic E-state index is 0.0429. The van der Waals surface area contributed by atoms with Gasteiger partial charge in [-0.3, -0.25) is 0 Å². The van der Waals surface area contributed by atoms with Gasteiger partial charge in [0.25, 0.3) is 0 Å². The summed E-state index contributed by atoms with van der Waals surface area (Å²) < 4.78 is 44.7. The Balaban J connectivity index is 2.50. The van der Waals surface area contributed by atoms with E-state index in [1.807, 2.05) is 0 Å². The third-order valence-corrected chi connectivity index (χ3v) is 5.56. The number of hydrogen-bond acceptors (Lipinski definition) is 5. The molecule has 0 spiro atoms. The van der Waals surface area contributed by atoms with Crippen molar-refractivity contribution in [3.63, 3.8) is 0 Å². The lowest BCUT2D eigenvalue weighted by Gasteiger charge is -2.31. The Bertz CT molecular complexity index is 706. The van der Waals surface area contributed by atoms with Gasteiger partial charge in [-0.15, -0.1) is 0 Å². The maximum atomic E-state index is 13.7. The average Bonchev–Trinajstić information content (AvgIpc) is 2.45. The summed E-state index contributed by atoms with van der Waals surface area (Å²) in [6.45, 7) is -0.0152. The van der Waals surface area contributed by atoms with Crippen molar-refractivity contribution in [2.75, 3.05) is 19.8 Å². The molecule has 114 valence electrons. The monoisotopic (exact) mass is 354 g/mol. The second kappa shape index (κ2) is 6.39. The lowest BCUT2D eigenvalue weighted by atomic mass is 10.3. The molecule has 0 bridgehead atoms. The number of benzene rings is 1. The number of hydrogen-bond donors (Lipinski definition) is 0. The highest BCUT2D eigenvalue weighted by Crippen LogP contribution is 2.32. The molecule has 10 heteroatoms. The Kier molecular flexibility index (Phi) is 4.98. The first-order valence-electron chi connectivity index (χ1n) is 5.69. The molecule has 1 saturated heterocycles. The van der Waals surface area contributed by atoms with Crippen LogP contribution in [0.5, 0.6) is 0 Å². The molecule has 1 aromatic carbocycles. The van der Waals surface area contributed by atoms with E-state index in [9.17, 15) is 17.6 Å². The van der Waals surface area contributed by atoms with Gasteiger partial charge in [0.05, 0.1) is 23.3 Å². The fourth-order valence-corrected chi connectivity index (χ4v) is 4.07. The first-order chi connectivity index (χ1) is 9.89. The van der Waals surface area contributed by atoms with Crippen LogP contribution in [-0.4, -0.2) is 44.7 Å². The van der Waals surface area contributed by atoms with E-state index in [0.717, 1.165) is 16.4 Å². The maximum absolute atomic E-state index is 13.7. The fraction of sp³-hybridized carbons (Fsp3) is 0.364. The summed E-state index contributed by atoms with van der Waals surface area (Å²) in [5, 5.41) is -0.897. The summed E-state index contributed by atoms with van der Waals surface area (Å²) in [7, 11) is -4.15. The molecule has 21 heavy (non-hydrogen) atoms. The second-order valence-electron chi connectivity index (χ2n) is 4.07. The molecule has 0 N–H and O–H groups in total. The van der Waals surface area contributed by atoms with E-state index in [2.05, 4.69) is 4.99 Å². The molecule has 2 rings (SSSR count). The van der Waals surface area contributed by atoms with Crippen LogP contribution < -0.4 is 0 Å². The number of rotatable bonds is 3. The summed E-state index contributed by atoms with van der Waals surface area (Å²) in [5.41, 5.74) is 0. The summed E-state index contributed by atoms with van der Waals surface area (Å²) >= 11 is 11.3. The van der Waals surface area contributed by atoms with Crippen molar-refractivity contribution < 1.29 is 22.3 Å². The first kappa shape index (κ1) is 16.4. The SMILES string of the molecule is O=C=NC1COCCN1S(=O)(=O)c1ccc(Cl)c(F)c1Cl. The summed E-state index contributed by atoms with van der Waals surface area (Å²) in [4.78, 5) is 13.3. The van der Waals surface area contributed by atoms with Gasteiger partial charge >= 0.3 is 0 Å². The quantitative estimate of drug-likeness (QED) is 0.471. The van der Waals surface area contributed by atoms with Crippen LogP contribution in [0.3, 0.4) is 0 Å². The standard InChI is InChI=1S/C11H9Cl2FN2O4S/c12-7-1-2-8(10(13)11(7)14)21(18,19)16-3-4-20-5-9(16)15-6-17/h1-2,9H,3-5H2. The highest BCUT2D eigenvalue weighted by molar-refractivity contribution is 7.89. The largest absolute Gasteiger partial charge is 0.376 e. The van der Waals surface area contributed by atoms with Crippen molar-refractivity contribution >= 4 is 39.3 Å². The molecule has 0 saturated carbocycles. The zero-order valence-corrected chi connectivity index (χ0v) is 12.8. The van der Waals surface area contributed by atoms with Crippen molar-refractivity contribution in [1.82, 2.24) is 4.31 Å². The van der Waals surface area contributed by atoms with Gasteiger partial charge in [0, 0.05) is 6.54 Å². The van der Waals surface area contributed by atoms with Gasteiger partial charge in [-0.1, -0.05) is 23.2 Å². The number of ether oxygens (including phenoxy) is 1. The number of isocyanates is 1. The summed E-state index contributed by atoms with van der Waals surface area (Å²) in [6, 6.07) is 2.19. The van der Waals surface area contributed by atoms with Gasteiger partial charge in [-0.05, 0) is 12.1 Å². The number of aliphatic imine (C=N–C) groups is 1. The predicted molar refractivity (Wildman–Crippen MR) is 73.0 cm³/mol. The van der Waals surface area contributed by atoms with Crippen LogP contribution in [0.4, 0.5) is 4.39 Å². The van der Waals surface area contributed by atoms with E-state index < -0.39 is 31.9 Å². The summed E-state index contributed by atoms with van der Waals surface area (Å²) in [5.74, 6) is -1.02. The number of halogens is 3. The second-order valence-corrected chi connectivity index (χ2v) is 6.71. The van der Waals surface area contributed by atoms with Gasteiger partial charge < -0.3 is 4.74 Å². The normalized spacial score (nSPS) is 20.0. The van der Waals surface area contributed by atoms with Gasteiger partial charge in [0.2, 0.25) is 16.1 Å². The van der Waals surface area contributed by atoms with Crippen LogP contribution in [0.15, 0.2) is 22.0 Å². The van der Waals surface area contributed by atoms with Crippen LogP contribution >= 0.6 is 23.2 Å². The van der Waals surface area contributed by atoms with Crippen LogP contribution in [-0.2, 0) is 19.6 Å². The van der Waals surface area contributed by atoms with Gasteiger partial charge in [0.15, 0.2) is 12.0 Å². The molecule has 0 radical (unpaired) electrons.